The second-order valence-electron chi connectivity index (χ2n) is 6.06. The Bertz CT molecular complexity index is 571. The van der Waals surface area contributed by atoms with Gasteiger partial charge >= 0.3 is 0 Å². The molecule has 0 bridgehead atoms. The van der Waals surface area contributed by atoms with E-state index in [2.05, 4.69) is 24.9 Å². The van der Waals surface area contributed by atoms with Gasteiger partial charge in [0.25, 0.3) is 0 Å². The Hall–Kier alpha value is -1.41. The molecule has 2 heteroatoms. The van der Waals surface area contributed by atoms with Crippen LogP contribution in [0.15, 0.2) is 36.5 Å². The highest BCUT2D eigenvalue weighted by Gasteiger charge is 2.49. The average Bonchev–Trinajstić information content (AvgIpc) is 2.99. The van der Waals surface area contributed by atoms with Crippen LogP contribution in [-0.2, 0) is 6.42 Å². The quantitative estimate of drug-likeness (QED) is 0.895. The summed E-state index contributed by atoms with van der Waals surface area (Å²) < 4.78 is 0. The van der Waals surface area contributed by atoms with Crippen LogP contribution in [0.2, 0.25) is 0 Å². The summed E-state index contributed by atoms with van der Waals surface area (Å²) in [7, 11) is 0. The van der Waals surface area contributed by atoms with Crippen molar-refractivity contribution in [1.82, 2.24) is 4.98 Å². The molecule has 2 unspecified atom stereocenters. The highest BCUT2D eigenvalue weighted by atomic mass is 16.3. The van der Waals surface area contributed by atoms with E-state index in [4.69, 9.17) is 0 Å². The van der Waals surface area contributed by atoms with Gasteiger partial charge < -0.3 is 5.11 Å². The van der Waals surface area contributed by atoms with Gasteiger partial charge in [0.05, 0.1) is 11.6 Å². The molecule has 3 rings (SSSR count). The van der Waals surface area contributed by atoms with Crippen molar-refractivity contribution in [1.29, 1.82) is 0 Å². The number of nitrogens with zero attached hydrogens (tertiary/aromatic N) is 1. The minimum absolute atomic E-state index is 0.231. The lowest BCUT2D eigenvalue weighted by atomic mass is 9.98. The van der Waals surface area contributed by atoms with Crippen LogP contribution >= 0.6 is 0 Å². The van der Waals surface area contributed by atoms with Crippen LogP contribution in [0.25, 0.3) is 10.9 Å². The molecule has 0 aliphatic heterocycles. The number of hydrogen-bond donors (Lipinski definition) is 1. The maximum Gasteiger partial charge on any atom is 0.0704 e. The lowest BCUT2D eigenvalue weighted by Gasteiger charge is -2.13. The van der Waals surface area contributed by atoms with Gasteiger partial charge in [-0.1, -0.05) is 32.0 Å². The van der Waals surface area contributed by atoms with Gasteiger partial charge in [-0.15, -0.1) is 0 Å². The van der Waals surface area contributed by atoms with Gasteiger partial charge in [0, 0.05) is 11.6 Å². The number of fused-ring (bicyclic) bond motifs is 1. The molecule has 1 fully saturated rings. The molecule has 18 heavy (non-hydrogen) atoms. The summed E-state index contributed by atoms with van der Waals surface area (Å²) in [6, 6.07) is 10.2. The van der Waals surface area contributed by atoms with E-state index in [1.54, 1.807) is 0 Å². The Morgan fingerprint density at radius 2 is 2.06 bits per heavy atom. The Kier molecular flexibility index (Phi) is 2.63. The highest BCUT2D eigenvalue weighted by molar-refractivity contribution is 5.81. The van der Waals surface area contributed by atoms with Crippen LogP contribution in [0.4, 0.5) is 0 Å². The number of aromatic nitrogens is 1. The summed E-state index contributed by atoms with van der Waals surface area (Å²) in [4.78, 5) is 4.36. The molecular formula is C16H19NO. The molecule has 0 radical (unpaired) electrons. The van der Waals surface area contributed by atoms with Crippen LogP contribution in [0, 0.1) is 11.3 Å². The van der Waals surface area contributed by atoms with Crippen molar-refractivity contribution in [2.24, 2.45) is 11.3 Å². The molecule has 1 aliphatic rings. The number of aliphatic hydroxyl groups is 1. The third-order valence-corrected chi connectivity index (χ3v) is 4.22. The third-order valence-electron chi connectivity index (χ3n) is 4.22. The summed E-state index contributed by atoms with van der Waals surface area (Å²) in [5.74, 6) is 0.449. The molecule has 2 nitrogen and oxygen atoms in total. The lowest BCUT2D eigenvalue weighted by Crippen LogP contribution is -2.16. The van der Waals surface area contributed by atoms with Crippen LogP contribution in [0.3, 0.4) is 0 Å². The second-order valence-corrected chi connectivity index (χ2v) is 6.06. The van der Waals surface area contributed by atoms with Crippen molar-refractivity contribution < 1.29 is 5.11 Å². The summed E-state index contributed by atoms with van der Waals surface area (Å²) in [5, 5.41) is 11.5. The first-order valence-electron chi connectivity index (χ1n) is 6.58. The molecule has 2 atom stereocenters. The number of aliphatic hydroxyl groups excluding tert-OH is 1. The molecule has 1 saturated carbocycles. The molecule has 1 aromatic heterocycles. The molecule has 0 spiro atoms. The zero-order valence-electron chi connectivity index (χ0n) is 10.9. The van der Waals surface area contributed by atoms with E-state index in [1.807, 2.05) is 30.5 Å². The number of hydrogen-bond acceptors (Lipinski definition) is 2. The van der Waals surface area contributed by atoms with Gasteiger partial charge in [-0.05, 0) is 41.9 Å². The minimum Gasteiger partial charge on any atom is -0.392 e. The SMILES string of the molecule is CC1(C)CC1C(O)Cc1ccnc2ccccc12. The molecule has 94 valence electrons. The van der Waals surface area contributed by atoms with Gasteiger partial charge in [0.2, 0.25) is 0 Å². The van der Waals surface area contributed by atoms with Crippen molar-refractivity contribution in [3.8, 4) is 0 Å². The lowest BCUT2D eigenvalue weighted by molar-refractivity contribution is 0.137. The van der Waals surface area contributed by atoms with Gasteiger partial charge in [0.1, 0.15) is 0 Å². The first-order valence-corrected chi connectivity index (χ1v) is 6.58. The van der Waals surface area contributed by atoms with Crippen molar-refractivity contribution in [2.45, 2.75) is 32.8 Å². The maximum absolute atomic E-state index is 10.3. The fourth-order valence-electron chi connectivity index (χ4n) is 2.87. The predicted molar refractivity (Wildman–Crippen MR) is 73.3 cm³/mol. The van der Waals surface area contributed by atoms with Crippen LogP contribution in [0.5, 0.6) is 0 Å². The zero-order valence-corrected chi connectivity index (χ0v) is 10.9. The molecule has 0 amide bonds. The number of benzene rings is 1. The Morgan fingerprint density at radius 1 is 1.33 bits per heavy atom. The summed E-state index contributed by atoms with van der Waals surface area (Å²) >= 11 is 0. The summed E-state index contributed by atoms with van der Waals surface area (Å²) in [6.45, 7) is 4.46. The predicted octanol–water partition coefficient (Wildman–Crippen LogP) is 3.18. The third kappa shape index (κ3) is 2.01. The monoisotopic (exact) mass is 241 g/mol. The average molecular weight is 241 g/mol. The fourth-order valence-corrected chi connectivity index (χ4v) is 2.87. The van der Waals surface area contributed by atoms with Crippen molar-refractivity contribution in [3.63, 3.8) is 0 Å². The van der Waals surface area contributed by atoms with Crippen LogP contribution < -0.4 is 0 Å². The topological polar surface area (TPSA) is 33.1 Å². The molecule has 1 aliphatic carbocycles. The largest absolute Gasteiger partial charge is 0.392 e. The highest BCUT2D eigenvalue weighted by Crippen LogP contribution is 2.54. The zero-order chi connectivity index (χ0) is 12.8. The molecular weight excluding hydrogens is 222 g/mol. The fraction of sp³-hybridized carbons (Fsp3) is 0.438. The minimum atomic E-state index is -0.231. The Balaban J connectivity index is 1.87. The van der Waals surface area contributed by atoms with E-state index in [0.717, 1.165) is 23.7 Å². The summed E-state index contributed by atoms with van der Waals surface area (Å²) in [5.41, 5.74) is 2.54. The van der Waals surface area contributed by atoms with Crippen molar-refractivity contribution in [2.75, 3.05) is 0 Å². The number of para-hydroxylation sites is 1. The number of pyridine rings is 1. The standard InChI is InChI=1S/C16H19NO/c1-16(2)10-13(16)15(18)9-11-7-8-17-14-6-4-3-5-12(11)14/h3-8,13,15,18H,9-10H2,1-2H3. The van der Waals surface area contributed by atoms with Crippen molar-refractivity contribution >= 4 is 10.9 Å². The van der Waals surface area contributed by atoms with Gasteiger partial charge in [-0.3, -0.25) is 4.98 Å². The van der Waals surface area contributed by atoms with E-state index < -0.39 is 0 Å². The Labute approximate surface area is 108 Å². The van der Waals surface area contributed by atoms with Gasteiger partial charge in [-0.25, -0.2) is 0 Å². The van der Waals surface area contributed by atoms with Gasteiger partial charge in [0.15, 0.2) is 0 Å². The van der Waals surface area contributed by atoms with Gasteiger partial charge in [-0.2, -0.15) is 0 Å². The normalized spacial score (nSPS) is 22.9. The molecule has 1 heterocycles. The van der Waals surface area contributed by atoms with E-state index in [9.17, 15) is 5.11 Å². The van der Waals surface area contributed by atoms with E-state index in [-0.39, 0.29) is 6.10 Å². The first-order chi connectivity index (χ1) is 8.58. The molecule has 1 N–H and O–H groups in total. The molecule has 0 saturated heterocycles. The van der Waals surface area contributed by atoms with Crippen LogP contribution in [0.1, 0.15) is 25.8 Å². The summed E-state index contributed by atoms with van der Waals surface area (Å²) in [6.07, 6.45) is 3.47. The van der Waals surface area contributed by atoms with Crippen LogP contribution in [-0.4, -0.2) is 16.2 Å². The molecule has 2 aromatic rings. The first kappa shape index (κ1) is 11.7. The second kappa shape index (κ2) is 4.06. The van der Waals surface area contributed by atoms with E-state index in [0.29, 0.717) is 11.3 Å². The van der Waals surface area contributed by atoms with Crippen molar-refractivity contribution in [3.05, 3.63) is 42.1 Å². The Morgan fingerprint density at radius 3 is 2.78 bits per heavy atom. The smallest absolute Gasteiger partial charge is 0.0704 e. The van der Waals surface area contributed by atoms with E-state index in [1.165, 1.54) is 5.56 Å². The maximum atomic E-state index is 10.3. The van der Waals surface area contributed by atoms with E-state index >= 15 is 0 Å². The number of rotatable bonds is 3. The molecule has 1 aromatic carbocycles.